The van der Waals surface area contributed by atoms with E-state index in [1.54, 1.807) is 36.2 Å². The van der Waals surface area contributed by atoms with Crippen molar-refractivity contribution in [2.24, 2.45) is 0 Å². The number of aromatic nitrogens is 2. The normalized spacial score (nSPS) is 10.4. The Morgan fingerprint density at radius 2 is 2.09 bits per heavy atom. The molecular weight excluding hydrogens is 295 g/mol. The Labute approximate surface area is 135 Å². The van der Waals surface area contributed by atoms with E-state index in [-0.39, 0.29) is 11.7 Å². The minimum Gasteiger partial charge on any atom is -0.366 e. The number of carbonyl (C=O) groups is 1. The molecule has 0 saturated carbocycles. The molecule has 0 unspecified atom stereocenters. The van der Waals surface area contributed by atoms with Gasteiger partial charge in [-0.3, -0.25) is 4.79 Å². The van der Waals surface area contributed by atoms with Crippen LogP contribution in [0.2, 0.25) is 0 Å². The maximum absolute atomic E-state index is 13.6. The Morgan fingerprint density at radius 3 is 2.83 bits per heavy atom. The molecule has 1 amide bonds. The second-order valence-electron chi connectivity index (χ2n) is 5.31. The van der Waals surface area contributed by atoms with Gasteiger partial charge < -0.3 is 10.2 Å². The highest BCUT2D eigenvalue weighted by atomic mass is 19.1. The number of hydrogen-bond acceptors (Lipinski definition) is 4. The van der Waals surface area contributed by atoms with E-state index in [1.807, 2.05) is 0 Å². The van der Waals surface area contributed by atoms with Crippen molar-refractivity contribution in [3.05, 3.63) is 53.7 Å². The SMILES string of the molecule is CCCCN(C)C(=O)c1cc(NCc2ccccc2F)ncn1. The zero-order valence-corrected chi connectivity index (χ0v) is 13.4. The molecule has 2 rings (SSSR count). The summed E-state index contributed by atoms with van der Waals surface area (Å²) in [6.07, 6.45) is 3.31. The predicted molar refractivity (Wildman–Crippen MR) is 87.6 cm³/mol. The number of carbonyl (C=O) groups excluding carboxylic acids is 1. The molecule has 122 valence electrons. The molecule has 6 heteroatoms. The number of amides is 1. The van der Waals surface area contributed by atoms with Gasteiger partial charge in [0.15, 0.2) is 0 Å². The van der Waals surface area contributed by atoms with Crippen LogP contribution < -0.4 is 5.32 Å². The summed E-state index contributed by atoms with van der Waals surface area (Å²) in [6.45, 7) is 3.06. The summed E-state index contributed by atoms with van der Waals surface area (Å²) in [5, 5.41) is 3.02. The molecular formula is C17H21FN4O. The van der Waals surface area contributed by atoms with Crippen LogP contribution in [0.25, 0.3) is 0 Å². The molecule has 0 spiro atoms. The maximum atomic E-state index is 13.6. The van der Waals surface area contributed by atoms with Gasteiger partial charge >= 0.3 is 0 Å². The minimum atomic E-state index is -0.273. The number of nitrogens with one attached hydrogen (secondary N) is 1. The Morgan fingerprint density at radius 1 is 1.30 bits per heavy atom. The van der Waals surface area contributed by atoms with Crippen LogP contribution >= 0.6 is 0 Å². The van der Waals surface area contributed by atoms with Crippen molar-refractivity contribution < 1.29 is 9.18 Å². The van der Waals surface area contributed by atoms with Gasteiger partial charge in [0.05, 0.1) is 0 Å². The van der Waals surface area contributed by atoms with Gasteiger partial charge in [-0.05, 0) is 12.5 Å². The van der Waals surface area contributed by atoms with Crippen molar-refractivity contribution in [3.8, 4) is 0 Å². The van der Waals surface area contributed by atoms with E-state index in [9.17, 15) is 9.18 Å². The molecule has 0 radical (unpaired) electrons. The first-order chi connectivity index (χ1) is 11.1. The van der Waals surface area contributed by atoms with Crippen molar-refractivity contribution in [3.63, 3.8) is 0 Å². The summed E-state index contributed by atoms with van der Waals surface area (Å²) in [4.78, 5) is 22.0. The highest BCUT2D eigenvalue weighted by Gasteiger charge is 2.13. The van der Waals surface area contributed by atoms with E-state index in [0.29, 0.717) is 30.2 Å². The molecule has 23 heavy (non-hydrogen) atoms. The van der Waals surface area contributed by atoms with Crippen LogP contribution in [-0.2, 0) is 6.54 Å². The fourth-order valence-corrected chi connectivity index (χ4v) is 2.09. The van der Waals surface area contributed by atoms with Crippen LogP contribution in [0, 0.1) is 5.82 Å². The molecule has 5 nitrogen and oxygen atoms in total. The molecule has 0 atom stereocenters. The van der Waals surface area contributed by atoms with Crippen LogP contribution in [0.15, 0.2) is 36.7 Å². The highest BCUT2D eigenvalue weighted by molar-refractivity contribution is 5.92. The first kappa shape index (κ1) is 16.9. The van der Waals surface area contributed by atoms with Gasteiger partial charge in [-0.2, -0.15) is 0 Å². The average Bonchev–Trinajstić information content (AvgIpc) is 2.58. The van der Waals surface area contributed by atoms with Crippen LogP contribution in [0.3, 0.4) is 0 Å². The van der Waals surface area contributed by atoms with E-state index in [2.05, 4.69) is 22.2 Å². The first-order valence-corrected chi connectivity index (χ1v) is 7.66. The first-order valence-electron chi connectivity index (χ1n) is 7.66. The summed E-state index contributed by atoms with van der Waals surface area (Å²) in [6, 6.07) is 8.12. The van der Waals surface area contributed by atoms with E-state index >= 15 is 0 Å². The summed E-state index contributed by atoms with van der Waals surface area (Å²) in [5.41, 5.74) is 0.869. The number of nitrogens with zero attached hydrogens (tertiary/aromatic N) is 3. The van der Waals surface area contributed by atoms with Crippen molar-refractivity contribution in [1.82, 2.24) is 14.9 Å². The van der Waals surface area contributed by atoms with Gasteiger partial charge in [-0.15, -0.1) is 0 Å². The Balaban J connectivity index is 2.02. The third-order valence-corrected chi connectivity index (χ3v) is 3.50. The summed E-state index contributed by atoms with van der Waals surface area (Å²) in [5.74, 6) is 0.0786. The number of benzene rings is 1. The van der Waals surface area contributed by atoms with E-state index < -0.39 is 0 Å². The second-order valence-corrected chi connectivity index (χ2v) is 5.31. The highest BCUT2D eigenvalue weighted by Crippen LogP contribution is 2.11. The average molecular weight is 316 g/mol. The molecule has 0 fully saturated rings. The maximum Gasteiger partial charge on any atom is 0.272 e. The molecule has 0 bridgehead atoms. The van der Waals surface area contributed by atoms with E-state index in [0.717, 1.165) is 12.8 Å². The standard InChI is InChI=1S/C17H21FN4O/c1-3-4-9-22(2)17(23)15-10-16(21-12-20-15)19-11-13-7-5-6-8-14(13)18/h5-8,10,12H,3-4,9,11H2,1-2H3,(H,19,20,21). The fourth-order valence-electron chi connectivity index (χ4n) is 2.09. The lowest BCUT2D eigenvalue weighted by molar-refractivity contribution is 0.0787. The zero-order valence-electron chi connectivity index (χ0n) is 13.4. The van der Waals surface area contributed by atoms with Crippen LogP contribution in [0.1, 0.15) is 35.8 Å². The zero-order chi connectivity index (χ0) is 16.7. The smallest absolute Gasteiger partial charge is 0.272 e. The lowest BCUT2D eigenvalue weighted by atomic mass is 10.2. The van der Waals surface area contributed by atoms with Crippen LogP contribution in [0.5, 0.6) is 0 Å². The molecule has 0 aliphatic heterocycles. The quantitative estimate of drug-likeness (QED) is 0.853. The third-order valence-electron chi connectivity index (χ3n) is 3.50. The number of halogens is 1. The molecule has 1 heterocycles. The lowest BCUT2D eigenvalue weighted by Gasteiger charge is -2.16. The summed E-state index contributed by atoms with van der Waals surface area (Å²) in [7, 11) is 1.76. The van der Waals surface area contributed by atoms with Gasteiger partial charge in [0, 0.05) is 31.8 Å². The minimum absolute atomic E-state index is 0.144. The number of anilines is 1. The third kappa shape index (κ3) is 4.74. The number of rotatable bonds is 7. The lowest BCUT2D eigenvalue weighted by Crippen LogP contribution is -2.28. The van der Waals surface area contributed by atoms with Gasteiger partial charge in [0.1, 0.15) is 23.7 Å². The van der Waals surface area contributed by atoms with Crippen molar-refractivity contribution >= 4 is 11.7 Å². The van der Waals surface area contributed by atoms with Crippen molar-refractivity contribution in [2.75, 3.05) is 18.9 Å². The largest absolute Gasteiger partial charge is 0.366 e. The van der Waals surface area contributed by atoms with Gasteiger partial charge in [-0.1, -0.05) is 31.5 Å². The van der Waals surface area contributed by atoms with Crippen molar-refractivity contribution in [2.45, 2.75) is 26.3 Å². The molecule has 1 aromatic carbocycles. The van der Waals surface area contributed by atoms with Gasteiger partial charge in [0.25, 0.3) is 5.91 Å². The van der Waals surface area contributed by atoms with Gasteiger partial charge in [0.2, 0.25) is 0 Å². The van der Waals surface area contributed by atoms with Crippen LogP contribution in [-0.4, -0.2) is 34.4 Å². The number of unbranched alkanes of at least 4 members (excludes halogenated alkanes) is 1. The van der Waals surface area contributed by atoms with Crippen molar-refractivity contribution in [1.29, 1.82) is 0 Å². The summed E-state index contributed by atoms with van der Waals surface area (Å²) < 4.78 is 13.6. The summed E-state index contributed by atoms with van der Waals surface area (Å²) >= 11 is 0. The van der Waals surface area contributed by atoms with Gasteiger partial charge in [-0.25, -0.2) is 14.4 Å². The molecule has 1 N–H and O–H groups in total. The molecule has 0 saturated heterocycles. The molecule has 0 aliphatic carbocycles. The molecule has 1 aromatic heterocycles. The van der Waals surface area contributed by atoms with Crippen LogP contribution in [0.4, 0.5) is 10.2 Å². The molecule has 0 aliphatic rings. The second kappa shape index (κ2) is 8.22. The Kier molecular flexibility index (Phi) is 6.02. The Hall–Kier alpha value is -2.50. The predicted octanol–water partition coefficient (Wildman–Crippen LogP) is 3.10. The Bertz CT molecular complexity index is 663. The topological polar surface area (TPSA) is 58.1 Å². The number of hydrogen-bond donors (Lipinski definition) is 1. The van der Waals surface area contributed by atoms with E-state index in [1.165, 1.54) is 12.4 Å². The fraction of sp³-hybridized carbons (Fsp3) is 0.353. The monoisotopic (exact) mass is 316 g/mol. The van der Waals surface area contributed by atoms with E-state index in [4.69, 9.17) is 0 Å². The molecule has 2 aromatic rings.